The molecule has 34 heavy (non-hydrogen) atoms. The molecule has 2 aromatic heterocycles. The predicted octanol–water partition coefficient (Wildman–Crippen LogP) is -1.17. The van der Waals surface area contributed by atoms with Gasteiger partial charge < -0.3 is 43.1 Å². The van der Waals surface area contributed by atoms with Gasteiger partial charge in [-0.3, -0.25) is 0 Å². The summed E-state index contributed by atoms with van der Waals surface area (Å²) < 4.78 is 0.626. The Morgan fingerprint density at radius 1 is 0.824 bits per heavy atom. The van der Waals surface area contributed by atoms with Crippen LogP contribution in [0.25, 0.3) is 0 Å². The van der Waals surface area contributed by atoms with Gasteiger partial charge in [-0.05, 0) is 47.5 Å². The minimum Gasteiger partial charge on any atom is -1.00 e. The van der Waals surface area contributed by atoms with E-state index >= 15 is 0 Å². The molecule has 0 amide bonds. The third-order valence-corrected chi connectivity index (χ3v) is 4.39. The molecule has 0 saturated carbocycles. The lowest BCUT2D eigenvalue weighted by Gasteiger charge is -2.26. The van der Waals surface area contributed by atoms with Crippen molar-refractivity contribution in [2.45, 2.75) is 12.7 Å². The molecule has 1 aromatic carbocycles. The molecule has 0 saturated heterocycles. The molecular formula is C19H25Cl3N10O2. The van der Waals surface area contributed by atoms with Crippen LogP contribution in [0.1, 0.15) is 5.82 Å². The molecule has 0 aliphatic carbocycles. The lowest BCUT2D eigenvalue weighted by molar-refractivity contribution is -0.873. The van der Waals surface area contributed by atoms with Gasteiger partial charge in [0.2, 0.25) is 28.4 Å². The number of likely N-dealkylation sites (N-methyl/N-ethyl adjacent to an activating group) is 1. The molecule has 0 fully saturated rings. The average Bonchev–Trinajstić information content (AvgIpc) is 2.72. The highest BCUT2D eigenvalue weighted by Crippen LogP contribution is 2.20. The van der Waals surface area contributed by atoms with E-state index in [2.05, 4.69) is 45.9 Å². The molecule has 0 spiro atoms. The van der Waals surface area contributed by atoms with Crippen molar-refractivity contribution in [3.8, 4) is 0 Å². The summed E-state index contributed by atoms with van der Waals surface area (Å²) in [7, 11) is 5.99. The van der Waals surface area contributed by atoms with E-state index in [0.29, 0.717) is 22.4 Å². The van der Waals surface area contributed by atoms with Gasteiger partial charge in [0.05, 0.1) is 21.1 Å². The Balaban J connectivity index is 0.00000408. The number of nitrogens with zero attached hydrogens (tertiary/aromatic N) is 7. The van der Waals surface area contributed by atoms with E-state index in [0.717, 1.165) is 0 Å². The minimum absolute atomic E-state index is 0. The van der Waals surface area contributed by atoms with Gasteiger partial charge in [0.25, 0.3) is 0 Å². The predicted molar refractivity (Wildman–Crippen MR) is 126 cm³/mol. The van der Waals surface area contributed by atoms with Crippen molar-refractivity contribution < 1.29 is 27.1 Å². The Labute approximate surface area is 212 Å². The Hall–Kier alpha value is -2.61. The molecule has 184 valence electrons. The highest BCUT2D eigenvalue weighted by Gasteiger charge is 2.16. The van der Waals surface area contributed by atoms with E-state index in [1.165, 1.54) is 0 Å². The fourth-order valence-corrected chi connectivity index (χ4v) is 3.14. The maximum absolute atomic E-state index is 10.2. The van der Waals surface area contributed by atoms with Gasteiger partial charge in [0, 0.05) is 17.9 Å². The van der Waals surface area contributed by atoms with Crippen LogP contribution in [-0.2, 0) is 6.61 Å². The van der Waals surface area contributed by atoms with Crippen LogP contribution in [0.3, 0.4) is 0 Å². The summed E-state index contributed by atoms with van der Waals surface area (Å²) in [5, 5.41) is 28.4. The topological polar surface area (TPSA) is 154 Å². The molecule has 3 aromatic rings. The number of aromatic nitrogens is 6. The molecule has 0 radical (unpaired) electrons. The molecule has 15 heteroatoms. The quantitative estimate of drug-likeness (QED) is 0.201. The Morgan fingerprint density at radius 3 is 1.85 bits per heavy atom. The van der Waals surface area contributed by atoms with Crippen LogP contribution in [0.5, 0.6) is 0 Å². The van der Waals surface area contributed by atoms with E-state index in [4.69, 9.17) is 23.2 Å². The van der Waals surface area contributed by atoms with Crippen molar-refractivity contribution in [1.82, 2.24) is 29.9 Å². The highest BCUT2D eigenvalue weighted by atomic mass is 35.5. The number of hydrogen-bond donors (Lipinski definition) is 5. The molecule has 1 unspecified atom stereocenters. The van der Waals surface area contributed by atoms with Crippen molar-refractivity contribution in [3.63, 3.8) is 0 Å². The number of nitrogens with one attached hydrogen (secondary N) is 3. The smallest absolute Gasteiger partial charge is 0.233 e. The monoisotopic (exact) mass is 530 g/mol. The van der Waals surface area contributed by atoms with E-state index in [1.807, 2.05) is 21.1 Å². The Kier molecular flexibility index (Phi) is 9.91. The fourth-order valence-electron chi connectivity index (χ4n) is 2.80. The van der Waals surface area contributed by atoms with Gasteiger partial charge in [0.1, 0.15) is 19.3 Å². The van der Waals surface area contributed by atoms with E-state index in [-0.39, 0.29) is 59.8 Å². The molecule has 2 heterocycles. The number of hydrogen-bond acceptors (Lipinski definition) is 11. The summed E-state index contributed by atoms with van der Waals surface area (Å²) in [5.74, 6) is 0.878. The largest absolute Gasteiger partial charge is 1.00 e. The van der Waals surface area contributed by atoms with Crippen molar-refractivity contribution in [2.75, 3.05) is 50.2 Å². The van der Waals surface area contributed by atoms with Crippen molar-refractivity contribution in [3.05, 3.63) is 40.7 Å². The van der Waals surface area contributed by atoms with E-state index in [9.17, 15) is 10.2 Å². The van der Waals surface area contributed by atoms with Gasteiger partial charge in [-0.15, -0.1) is 0 Å². The van der Waals surface area contributed by atoms with Crippen LogP contribution < -0.4 is 28.4 Å². The zero-order valence-electron chi connectivity index (χ0n) is 18.7. The van der Waals surface area contributed by atoms with Crippen molar-refractivity contribution in [2.24, 2.45) is 0 Å². The lowest BCUT2D eigenvalue weighted by Crippen LogP contribution is -3.00. The summed E-state index contributed by atoms with van der Waals surface area (Å²) in [4.78, 5) is 24.2. The Bertz CT molecular complexity index is 1080. The maximum Gasteiger partial charge on any atom is 0.233 e. The van der Waals surface area contributed by atoms with Gasteiger partial charge in [-0.25, -0.2) is 4.98 Å². The molecule has 0 aliphatic heterocycles. The van der Waals surface area contributed by atoms with Crippen molar-refractivity contribution in [1.29, 1.82) is 0 Å². The third kappa shape index (κ3) is 8.97. The van der Waals surface area contributed by atoms with E-state index in [1.54, 1.807) is 24.3 Å². The van der Waals surface area contributed by atoms with E-state index < -0.39 is 6.10 Å². The highest BCUT2D eigenvalue weighted by molar-refractivity contribution is 6.28. The van der Waals surface area contributed by atoms with Crippen LogP contribution in [-0.4, -0.2) is 84.9 Å². The van der Waals surface area contributed by atoms with Crippen LogP contribution in [0.15, 0.2) is 24.3 Å². The number of quaternary nitrogens is 1. The van der Waals surface area contributed by atoms with Gasteiger partial charge in [-0.1, -0.05) is 0 Å². The molecule has 12 nitrogen and oxygen atoms in total. The summed E-state index contributed by atoms with van der Waals surface area (Å²) in [6, 6.07) is 7.13. The first kappa shape index (κ1) is 27.6. The number of halogens is 3. The third-order valence-electron chi connectivity index (χ3n) is 4.06. The van der Waals surface area contributed by atoms with Crippen LogP contribution in [0.4, 0.5) is 29.2 Å². The molecule has 1 atom stereocenters. The summed E-state index contributed by atoms with van der Waals surface area (Å²) in [5.41, 5.74) is 1.39. The molecule has 0 bridgehead atoms. The second-order valence-corrected chi connectivity index (χ2v) is 8.77. The normalized spacial score (nSPS) is 12.0. The minimum atomic E-state index is -0.579. The number of benzene rings is 1. The summed E-state index contributed by atoms with van der Waals surface area (Å²) >= 11 is 11.9. The SMILES string of the molecule is C[N+](C)(C)CC(O)CNc1nc(Cl)nc(Nc2ccc(Nc3nc(Cl)nc(CO)n3)cc2)n1.[Cl-]. The fraction of sp³-hybridized carbons (Fsp3) is 0.368. The number of aliphatic hydroxyl groups excluding tert-OH is 2. The summed E-state index contributed by atoms with van der Waals surface area (Å²) in [6.45, 7) is 0.490. The Morgan fingerprint density at radius 2 is 1.32 bits per heavy atom. The zero-order chi connectivity index (χ0) is 24.0. The summed E-state index contributed by atoms with van der Waals surface area (Å²) in [6.07, 6.45) is -0.579. The molecular weight excluding hydrogens is 507 g/mol. The second-order valence-electron chi connectivity index (χ2n) is 8.09. The van der Waals surface area contributed by atoms with Gasteiger partial charge in [0.15, 0.2) is 5.82 Å². The second kappa shape index (κ2) is 12.2. The molecule has 5 N–H and O–H groups in total. The van der Waals surface area contributed by atoms with Crippen molar-refractivity contribution >= 4 is 52.4 Å². The first-order valence-electron chi connectivity index (χ1n) is 9.89. The number of rotatable bonds is 10. The lowest BCUT2D eigenvalue weighted by atomic mass is 10.3. The zero-order valence-corrected chi connectivity index (χ0v) is 20.9. The first-order chi connectivity index (χ1) is 15.6. The maximum atomic E-state index is 10.2. The standard InChI is InChI=1S/C19H25Cl2N10O2.ClH/c1-31(2,3)9-13(33)8-22-17-27-16(21)29-19(30-17)24-12-6-4-11(5-7-12)23-18-26-14(10-32)25-15(20)28-18;/h4-7,13,32-33H,8-10H2,1-3H3,(H,23,25,26,28)(H2,22,24,27,29,30);1H/q+1;/p-1. The van der Waals surface area contributed by atoms with Crippen LogP contribution in [0.2, 0.25) is 10.6 Å². The number of anilines is 5. The van der Waals surface area contributed by atoms with Gasteiger partial charge in [-0.2, -0.15) is 24.9 Å². The molecule has 0 aliphatic rings. The first-order valence-corrected chi connectivity index (χ1v) is 10.6. The average molecular weight is 532 g/mol. The van der Waals surface area contributed by atoms with Gasteiger partial charge >= 0.3 is 0 Å². The number of aliphatic hydroxyl groups is 2. The van der Waals surface area contributed by atoms with Crippen LogP contribution >= 0.6 is 23.2 Å². The van der Waals surface area contributed by atoms with Crippen LogP contribution in [0, 0.1) is 0 Å². The molecule has 3 rings (SSSR count).